The first-order valence-electron chi connectivity index (χ1n) is 13.1. The van der Waals surface area contributed by atoms with Crippen molar-refractivity contribution in [1.29, 1.82) is 0 Å². The van der Waals surface area contributed by atoms with Crippen LogP contribution in [0.25, 0.3) is 0 Å². The monoisotopic (exact) mass is 584 g/mol. The highest BCUT2D eigenvalue weighted by Gasteiger charge is 2.31. The summed E-state index contributed by atoms with van der Waals surface area (Å²) in [5.74, 6) is -0.913. The van der Waals surface area contributed by atoms with Crippen LogP contribution >= 0.6 is 0 Å². The summed E-state index contributed by atoms with van der Waals surface area (Å²) in [5, 5.41) is 6.86. The van der Waals surface area contributed by atoms with Gasteiger partial charge in [-0.05, 0) is 58.2 Å². The summed E-state index contributed by atoms with van der Waals surface area (Å²) in [5.41, 5.74) is -2.10. The van der Waals surface area contributed by atoms with E-state index in [1.54, 1.807) is 52.0 Å². The lowest BCUT2D eigenvalue weighted by atomic mass is 10.1. The van der Waals surface area contributed by atoms with Crippen molar-refractivity contribution in [2.24, 2.45) is 0 Å². The van der Waals surface area contributed by atoms with Crippen LogP contribution in [-0.2, 0) is 38.6 Å². The van der Waals surface area contributed by atoms with Gasteiger partial charge in [0.05, 0.1) is 19.8 Å². The van der Waals surface area contributed by atoms with E-state index in [4.69, 9.17) is 14.2 Å². The Morgan fingerprint density at radius 2 is 1.71 bits per heavy atom. The molecule has 0 unspecified atom stereocenters. The van der Waals surface area contributed by atoms with E-state index in [2.05, 4.69) is 10.4 Å². The Labute approximate surface area is 234 Å². The molecule has 0 atom stereocenters. The minimum absolute atomic E-state index is 0.154. The van der Waals surface area contributed by atoms with E-state index in [0.717, 1.165) is 16.3 Å². The second-order valence-electron chi connectivity index (χ2n) is 9.30. The molecule has 11 nitrogen and oxygen atoms in total. The van der Waals surface area contributed by atoms with Crippen LogP contribution in [0.15, 0.2) is 46.0 Å². The molecule has 2 aromatic rings. The maximum atomic E-state index is 12.9. The predicted molar refractivity (Wildman–Crippen MR) is 144 cm³/mol. The van der Waals surface area contributed by atoms with Crippen molar-refractivity contribution in [1.82, 2.24) is 14.3 Å². The zero-order chi connectivity index (χ0) is 30.6. The number of halogens is 3. The topological polar surface area (TPSA) is 131 Å². The van der Waals surface area contributed by atoms with Crippen LogP contribution in [0.1, 0.15) is 46.1 Å². The second kappa shape index (κ2) is 15.1. The highest BCUT2D eigenvalue weighted by atomic mass is 19.4. The number of nitrogens with zero attached hydrogens (tertiary/aromatic N) is 3. The molecule has 1 heterocycles. The first-order valence-corrected chi connectivity index (χ1v) is 13.1. The first kappa shape index (κ1) is 33.1. The van der Waals surface area contributed by atoms with E-state index in [-0.39, 0.29) is 32.1 Å². The third-order valence-corrected chi connectivity index (χ3v) is 5.55. The number of anilines is 1. The summed E-state index contributed by atoms with van der Waals surface area (Å²) < 4.78 is 55.0. The van der Waals surface area contributed by atoms with E-state index in [9.17, 15) is 32.3 Å². The van der Waals surface area contributed by atoms with E-state index in [1.807, 2.05) is 0 Å². The molecule has 0 amide bonds. The number of allylic oxidation sites excluding steroid dienone is 1. The summed E-state index contributed by atoms with van der Waals surface area (Å²) in [7, 11) is 0. The molecule has 1 aromatic carbocycles. The van der Waals surface area contributed by atoms with Crippen molar-refractivity contribution < 1.29 is 37.0 Å². The van der Waals surface area contributed by atoms with Crippen molar-refractivity contribution in [3.05, 3.63) is 62.8 Å². The molecular weight excluding hydrogens is 549 g/mol. The normalized spacial score (nSPS) is 11.9. The molecule has 0 spiro atoms. The molecule has 1 N–H and O–H groups in total. The van der Waals surface area contributed by atoms with Crippen LogP contribution in [-0.4, -0.2) is 57.8 Å². The number of carbonyl (C=O) groups excluding carboxylic acids is 2. The van der Waals surface area contributed by atoms with Crippen molar-refractivity contribution in [2.45, 2.75) is 71.8 Å². The van der Waals surface area contributed by atoms with Crippen molar-refractivity contribution in [2.75, 3.05) is 25.1 Å². The zero-order valence-electron chi connectivity index (χ0n) is 23.5. The lowest BCUT2D eigenvalue weighted by molar-refractivity contribution is -0.158. The maximum Gasteiger partial charge on any atom is 0.389 e. The van der Waals surface area contributed by atoms with Gasteiger partial charge in [0.25, 0.3) is 5.56 Å². The van der Waals surface area contributed by atoms with Gasteiger partial charge in [0, 0.05) is 25.6 Å². The van der Waals surface area contributed by atoms with Crippen molar-refractivity contribution in [3.8, 4) is 5.75 Å². The average Bonchev–Trinajstić information content (AvgIpc) is 2.89. The Morgan fingerprint density at radius 3 is 2.32 bits per heavy atom. The van der Waals surface area contributed by atoms with E-state index < -0.39 is 54.4 Å². The molecule has 41 heavy (non-hydrogen) atoms. The van der Waals surface area contributed by atoms with Gasteiger partial charge in [0.15, 0.2) is 5.60 Å². The number of nitrogens with one attached hydrogen (secondary N) is 1. The van der Waals surface area contributed by atoms with Crippen LogP contribution in [0.4, 0.5) is 19.0 Å². The molecule has 0 aliphatic rings. The number of alkyl halides is 3. The summed E-state index contributed by atoms with van der Waals surface area (Å²) in [4.78, 5) is 49.2. The van der Waals surface area contributed by atoms with Crippen LogP contribution < -0.4 is 21.3 Å². The van der Waals surface area contributed by atoms with Crippen LogP contribution in [0.5, 0.6) is 5.75 Å². The Balaban J connectivity index is 2.16. The molecule has 2 rings (SSSR count). The molecule has 14 heteroatoms. The summed E-state index contributed by atoms with van der Waals surface area (Å²) in [6.45, 7) is 6.43. The van der Waals surface area contributed by atoms with Crippen molar-refractivity contribution >= 4 is 17.8 Å². The number of hydrogen-bond acceptors (Lipinski definition) is 9. The van der Waals surface area contributed by atoms with E-state index >= 15 is 0 Å². The summed E-state index contributed by atoms with van der Waals surface area (Å²) >= 11 is 0. The lowest BCUT2D eigenvalue weighted by Crippen LogP contribution is -2.43. The van der Waals surface area contributed by atoms with Gasteiger partial charge in [0.2, 0.25) is 5.82 Å². The Bertz CT molecular complexity index is 1320. The standard InChI is InChI=1S/C27H35F3N4O7/c1-5-39-21(35)9-7-18-34-25(38)33(17-8-15-27(28,29)30)23(36)22(32-34)31-16-14-19-10-12-20(13-11-19)41-26(3,4)24(37)40-6-2/h7,9-13H,5-6,8,14-18H2,1-4H3,(H,31,32)/b9-7+. The molecule has 0 aliphatic heterocycles. The highest BCUT2D eigenvalue weighted by molar-refractivity contribution is 5.81. The van der Waals surface area contributed by atoms with Gasteiger partial charge in [-0.25, -0.2) is 19.1 Å². The molecule has 1 aromatic heterocycles. The number of esters is 2. The fourth-order valence-electron chi connectivity index (χ4n) is 3.55. The number of ether oxygens (including phenoxy) is 3. The molecule has 0 saturated heterocycles. The van der Waals surface area contributed by atoms with Gasteiger partial charge >= 0.3 is 23.8 Å². The van der Waals surface area contributed by atoms with Gasteiger partial charge in [-0.2, -0.15) is 13.2 Å². The van der Waals surface area contributed by atoms with Crippen LogP contribution in [0.2, 0.25) is 0 Å². The SMILES string of the molecule is CCOC(=O)/C=C/Cn1nc(NCCc2ccc(OC(C)(C)C(=O)OCC)cc2)c(=O)n(CCCC(F)(F)F)c1=O. The summed E-state index contributed by atoms with van der Waals surface area (Å²) in [6.07, 6.45) is -3.27. The van der Waals surface area contributed by atoms with Crippen molar-refractivity contribution in [3.63, 3.8) is 0 Å². The predicted octanol–water partition coefficient (Wildman–Crippen LogP) is 3.24. The quantitative estimate of drug-likeness (QED) is 0.248. The molecule has 0 aliphatic carbocycles. The first-order chi connectivity index (χ1) is 19.3. The lowest BCUT2D eigenvalue weighted by Gasteiger charge is -2.24. The van der Waals surface area contributed by atoms with Gasteiger partial charge in [-0.3, -0.25) is 9.36 Å². The molecular formula is C27H35F3N4O7. The Morgan fingerprint density at radius 1 is 1.05 bits per heavy atom. The summed E-state index contributed by atoms with van der Waals surface area (Å²) in [6, 6.07) is 6.89. The third kappa shape index (κ3) is 10.8. The molecule has 226 valence electrons. The Kier molecular flexibility index (Phi) is 12.2. The fourth-order valence-corrected chi connectivity index (χ4v) is 3.55. The molecule has 0 saturated carbocycles. The smallest absolute Gasteiger partial charge is 0.389 e. The molecule has 0 radical (unpaired) electrons. The zero-order valence-corrected chi connectivity index (χ0v) is 23.5. The van der Waals surface area contributed by atoms with Gasteiger partial charge in [-0.1, -0.05) is 18.2 Å². The van der Waals surface area contributed by atoms with Gasteiger partial charge in [0.1, 0.15) is 5.75 Å². The van der Waals surface area contributed by atoms with Crippen LogP contribution in [0.3, 0.4) is 0 Å². The maximum absolute atomic E-state index is 12.9. The minimum atomic E-state index is -4.44. The largest absolute Gasteiger partial charge is 0.476 e. The third-order valence-electron chi connectivity index (χ3n) is 5.55. The van der Waals surface area contributed by atoms with E-state index in [1.165, 1.54) is 6.08 Å². The highest BCUT2D eigenvalue weighted by Crippen LogP contribution is 2.22. The average molecular weight is 585 g/mol. The van der Waals surface area contributed by atoms with Crippen LogP contribution in [0, 0.1) is 0 Å². The Hall–Kier alpha value is -4.10. The number of aromatic nitrogens is 3. The molecule has 0 fully saturated rings. The minimum Gasteiger partial charge on any atom is -0.476 e. The number of hydrogen-bond donors (Lipinski definition) is 1. The number of benzene rings is 1. The second-order valence-corrected chi connectivity index (χ2v) is 9.30. The van der Waals surface area contributed by atoms with E-state index in [0.29, 0.717) is 16.7 Å². The fraction of sp³-hybridized carbons (Fsp3) is 0.519. The van der Waals surface area contributed by atoms with Gasteiger partial charge in [-0.15, -0.1) is 5.10 Å². The molecule has 0 bridgehead atoms. The van der Waals surface area contributed by atoms with Gasteiger partial charge < -0.3 is 19.5 Å². The number of rotatable bonds is 15. The number of carbonyl (C=O) groups is 2.